The molecule has 7 nitrogen and oxygen atoms in total. The summed E-state index contributed by atoms with van der Waals surface area (Å²) in [7, 11) is 0. The van der Waals surface area contributed by atoms with Crippen LogP contribution in [0.2, 0.25) is 5.28 Å². The van der Waals surface area contributed by atoms with Crippen molar-refractivity contribution in [3.05, 3.63) is 46.5 Å². The standard InChI is InChI=1S/C27H34ClF3N6O/c1-5-21-14-35(16(2)13-36(21)17(3)19-8-10-20(11-9-19)27(29,30)31)24-23-25(34-26(28)33-24)37(18(4)32-23)15-22-7-6-12-38-22/h8-11,16-17,21-22H,5-7,12-15H2,1-4H3/t16-,17?,21+,22-/m0/s1. The highest BCUT2D eigenvalue weighted by atomic mass is 35.5. The molecule has 38 heavy (non-hydrogen) atoms. The predicted molar refractivity (Wildman–Crippen MR) is 141 cm³/mol. The molecule has 5 rings (SSSR count). The van der Waals surface area contributed by atoms with Gasteiger partial charge in [0.2, 0.25) is 5.28 Å². The van der Waals surface area contributed by atoms with Crippen LogP contribution in [0.1, 0.15) is 63.0 Å². The summed E-state index contributed by atoms with van der Waals surface area (Å²) in [6.07, 6.45) is -1.25. The molecule has 0 bridgehead atoms. The Hall–Kier alpha value is -2.43. The van der Waals surface area contributed by atoms with Gasteiger partial charge in [-0.15, -0.1) is 0 Å². The summed E-state index contributed by atoms with van der Waals surface area (Å²) >= 11 is 6.45. The third-order valence-corrected chi connectivity index (χ3v) is 8.16. The number of hydrogen-bond acceptors (Lipinski definition) is 6. The van der Waals surface area contributed by atoms with Crippen molar-refractivity contribution in [3.8, 4) is 0 Å². The Morgan fingerprint density at radius 1 is 1.13 bits per heavy atom. The van der Waals surface area contributed by atoms with Gasteiger partial charge in [-0.05, 0) is 69.3 Å². The summed E-state index contributed by atoms with van der Waals surface area (Å²) in [4.78, 5) is 18.7. The lowest BCUT2D eigenvalue weighted by atomic mass is 9.98. The van der Waals surface area contributed by atoms with Gasteiger partial charge in [-0.2, -0.15) is 23.1 Å². The topological polar surface area (TPSA) is 59.3 Å². The van der Waals surface area contributed by atoms with E-state index < -0.39 is 11.7 Å². The molecule has 0 N–H and O–H groups in total. The maximum absolute atomic E-state index is 13.1. The fraction of sp³-hybridized carbons (Fsp3) is 0.593. The summed E-state index contributed by atoms with van der Waals surface area (Å²) in [6, 6.07) is 5.73. The summed E-state index contributed by atoms with van der Waals surface area (Å²) in [5.41, 5.74) is 1.69. The molecule has 2 aliphatic rings. The Morgan fingerprint density at radius 2 is 1.87 bits per heavy atom. The first kappa shape index (κ1) is 27.1. The summed E-state index contributed by atoms with van der Waals surface area (Å²) < 4.78 is 47.1. The van der Waals surface area contributed by atoms with Gasteiger partial charge in [0.05, 0.1) is 18.2 Å². The van der Waals surface area contributed by atoms with Crippen molar-refractivity contribution in [2.45, 2.75) is 83.9 Å². The van der Waals surface area contributed by atoms with E-state index in [9.17, 15) is 13.2 Å². The maximum Gasteiger partial charge on any atom is 0.416 e. The number of rotatable bonds is 6. The molecular formula is C27H34ClF3N6O. The van der Waals surface area contributed by atoms with Crippen LogP contribution in [0.15, 0.2) is 24.3 Å². The van der Waals surface area contributed by atoms with Crippen LogP contribution in [0.5, 0.6) is 0 Å². The molecule has 0 radical (unpaired) electrons. The number of nitrogens with zero attached hydrogens (tertiary/aromatic N) is 6. The number of halogens is 4. The van der Waals surface area contributed by atoms with Crippen molar-refractivity contribution in [3.63, 3.8) is 0 Å². The number of piperazine rings is 1. The van der Waals surface area contributed by atoms with Crippen LogP contribution in [-0.4, -0.2) is 62.3 Å². The monoisotopic (exact) mass is 550 g/mol. The molecule has 3 aromatic rings. The number of imidazole rings is 1. The van der Waals surface area contributed by atoms with Crippen LogP contribution in [0.25, 0.3) is 11.2 Å². The maximum atomic E-state index is 13.1. The smallest absolute Gasteiger partial charge is 0.376 e. The molecule has 1 unspecified atom stereocenters. The Morgan fingerprint density at radius 3 is 2.50 bits per heavy atom. The zero-order valence-corrected chi connectivity index (χ0v) is 22.9. The normalized spacial score (nSPS) is 23.9. The number of alkyl halides is 3. The van der Waals surface area contributed by atoms with Crippen LogP contribution in [-0.2, 0) is 17.5 Å². The molecule has 11 heteroatoms. The third-order valence-electron chi connectivity index (χ3n) is 7.99. The van der Waals surface area contributed by atoms with Gasteiger partial charge in [0.25, 0.3) is 0 Å². The van der Waals surface area contributed by atoms with Gasteiger partial charge in [-0.1, -0.05) is 19.1 Å². The third kappa shape index (κ3) is 5.22. The van der Waals surface area contributed by atoms with Crippen molar-refractivity contribution < 1.29 is 17.9 Å². The average Bonchev–Trinajstić information content (AvgIpc) is 3.51. The fourth-order valence-corrected chi connectivity index (χ4v) is 5.98. The van der Waals surface area contributed by atoms with Crippen LogP contribution >= 0.6 is 11.6 Å². The van der Waals surface area contributed by atoms with Gasteiger partial charge in [-0.25, -0.2) is 4.98 Å². The lowest BCUT2D eigenvalue weighted by Gasteiger charge is -2.48. The first-order valence-electron chi connectivity index (χ1n) is 13.3. The van der Waals surface area contributed by atoms with Gasteiger partial charge in [-0.3, -0.25) is 4.90 Å². The largest absolute Gasteiger partial charge is 0.416 e. The second-order valence-corrected chi connectivity index (χ2v) is 10.8. The van der Waals surface area contributed by atoms with Crippen LogP contribution in [0.3, 0.4) is 0 Å². The minimum absolute atomic E-state index is 0.0336. The molecule has 0 spiro atoms. The second-order valence-electron chi connectivity index (χ2n) is 10.4. The number of fused-ring (bicyclic) bond motifs is 1. The van der Waals surface area contributed by atoms with Crippen LogP contribution in [0.4, 0.5) is 19.0 Å². The van der Waals surface area contributed by atoms with Gasteiger partial charge in [0.1, 0.15) is 5.82 Å². The summed E-state index contributed by atoms with van der Waals surface area (Å²) in [5.74, 6) is 1.57. The van der Waals surface area contributed by atoms with E-state index in [1.165, 1.54) is 12.1 Å². The van der Waals surface area contributed by atoms with E-state index in [2.05, 4.69) is 45.1 Å². The minimum Gasteiger partial charge on any atom is -0.376 e. The molecule has 0 saturated carbocycles. The van der Waals surface area contributed by atoms with Crippen LogP contribution in [0, 0.1) is 6.92 Å². The number of anilines is 1. The Bertz CT molecular complexity index is 1270. The quantitative estimate of drug-likeness (QED) is 0.349. The van der Waals surface area contributed by atoms with E-state index in [1.54, 1.807) is 12.1 Å². The van der Waals surface area contributed by atoms with Crippen molar-refractivity contribution in [2.24, 2.45) is 0 Å². The van der Waals surface area contributed by atoms with E-state index in [0.717, 1.165) is 55.1 Å². The summed E-state index contributed by atoms with van der Waals surface area (Å²) in [5, 5.41) is 0.182. The Labute approximate surface area is 226 Å². The molecule has 206 valence electrons. The number of ether oxygens (including phenoxy) is 1. The van der Waals surface area contributed by atoms with E-state index in [0.29, 0.717) is 18.7 Å². The molecule has 1 aromatic carbocycles. The molecule has 2 aliphatic heterocycles. The second kappa shape index (κ2) is 10.6. The first-order chi connectivity index (χ1) is 18.1. The average molecular weight is 551 g/mol. The van der Waals surface area contributed by atoms with E-state index in [-0.39, 0.29) is 29.5 Å². The zero-order valence-electron chi connectivity index (χ0n) is 22.2. The highest BCUT2D eigenvalue weighted by Gasteiger charge is 2.37. The van der Waals surface area contributed by atoms with Gasteiger partial charge in [0.15, 0.2) is 17.0 Å². The molecular weight excluding hydrogens is 517 g/mol. The number of aryl methyl sites for hydroxylation is 1. The minimum atomic E-state index is -4.34. The van der Waals surface area contributed by atoms with Gasteiger partial charge < -0.3 is 14.2 Å². The highest BCUT2D eigenvalue weighted by Crippen LogP contribution is 2.35. The Balaban J connectivity index is 1.42. The molecule has 2 saturated heterocycles. The predicted octanol–water partition coefficient (Wildman–Crippen LogP) is 6.04. The van der Waals surface area contributed by atoms with E-state index >= 15 is 0 Å². The Kier molecular flexibility index (Phi) is 7.59. The van der Waals surface area contributed by atoms with E-state index in [1.807, 2.05) is 6.92 Å². The number of benzene rings is 1. The van der Waals surface area contributed by atoms with Gasteiger partial charge in [0, 0.05) is 37.8 Å². The van der Waals surface area contributed by atoms with Crippen LogP contribution < -0.4 is 4.90 Å². The molecule has 0 aliphatic carbocycles. The van der Waals surface area contributed by atoms with E-state index in [4.69, 9.17) is 21.3 Å². The zero-order chi connectivity index (χ0) is 27.2. The van der Waals surface area contributed by atoms with Gasteiger partial charge >= 0.3 is 6.18 Å². The molecule has 4 atom stereocenters. The van der Waals surface area contributed by atoms with Crippen molar-refractivity contribution in [1.29, 1.82) is 0 Å². The lowest BCUT2D eigenvalue weighted by molar-refractivity contribution is -0.137. The highest BCUT2D eigenvalue weighted by molar-refractivity contribution is 6.28. The van der Waals surface area contributed by atoms with Crippen molar-refractivity contribution in [2.75, 3.05) is 24.6 Å². The molecule has 2 fully saturated rings. The summed E-state index contributed by atoms with van der Waals surface area (Å²) in [6.45, 7) is 11.2. The lowest BCUT2D eigenvalue weighted by Crippen LogP contribution is -2.58. The number of hydrogen-bond donors (Lipinski definition) is 0. The number of aromatic nitrogens is 4. The fourth-order valence-electron chi connectivity index (χ4n) is 5.82. The first-order valence-corrected chi connectivity index (χ1v) is 13.7. The molecule has 0 amide bonds. The molecule has 2 aromatic heterocycles. The van der Waals surface area contributed by atoms with Crippen molar-refractivity contribution >= 4 is 28.6 Å². The molecule has 4 heterocycles. The van der Waals surface area contributed by atoms with Crippen molar-refractivity contribution in [1.82, 2.24) is 24.4 Å². The SMILES string of the molecule is CC[C@@H]1CN(c2nc(Cl)nc3c2nc(C)n3C[C@@H]2CCCO2)[C@@H](C)CN1C(C)c1ccc(C(F)(F)F)cc1.